The molecular formula is C12H17NO4. The Hall–Kier alpha value is -1.62. The first-order valence-electron chi connectivity index (χ1n) is 5.36. The van der Waals surface area contributed by atoms with Crippen molar-refractivity contribution in [3.05, 3.63) is 33.7 Å². The number of aliphatic carboxylic acids is 1. The highest BCUT2D eigenvalue weighted by molar-refractivity contribution is 5.67. The number of aryl methyl sites for hydroxylation is 2. The van der Waals surface area contributed by atoms with Gasteiger partial charge in [-0.2, -0.15) is 0 Å². The maximum Gasteiger partial charge on any atom is 0.306 e. The molecule has 17 heavy (non-hydrogen) atoms. The van der Waals surface area contributed by atoms with E-state index >= 15 is 0 Å². The van der Waals surface area contributed by atoms with Crippen LogP contribution in [-0.4, -0.2) is 28.9 Å². The van der Waals surface area contributed by atoms with Gasteiger partial charge in [0.15, 0.2) is 5.43 Å². The number of methoxy groups -OCH3 is 1. The predicted octanol–water partition coefficient (Wildman–Crippen LogP) is 0.955. The molecule has 1 aromatic rings. The van der Waals surface area contributed by atoms with Gasteiger partial charge in [-0.25, -0.2) is 0 Å². The lowest BCUT2D eigenvalue weighted by Crippen LogP contribution is -2.25. The number of ether oxygens (including phenoxy) is 1. The third-order valence-corrected chi connectivity index (χ3v) is 2.68. The summed E-state index contributed by atoms with van der Waals surface area (Å²) in [7, 11) is 1.49. The SMILES string of the molecule is COC(CC(=O)O)Cn1c(C)cc(=O)cc1C. The Morgan fingerprint density at radius 3 is 2.35 bits per heavy atom. The number of carboxylic acid groups (broad SMARTS) is 1. The molecule has 1 N–H and O–H groups in total. The number of carboxylic acids is 1. The number of nitrogens with zero attached hydrogens (tertiary/aromatic N) is 1. The van der Waals surface area contributed by atoms with E-state index in [0.717, 1.165) is 11.4 Å². The van der Waals surface area contributed by atoms with E-state index in [1.54, 1.807) is 0 Å². The fraction of sp³-hybridized carbons (Fsp3) is 0.500. The first kappa shape index (κ1) is 13.4. The van der Waals surface area contributed by atoms with Crippen LogP contribution in [0.2, 0.25) is 0 Å². The standard InChI is InChI=1S/C12H17NO4/c1-8-4-10(14)5-9(2)13(8)7-11(17-3)6-12(15)16/h4-5,11H,6-7H2,1-3H3,(H,15,16). The lowest BCUT2D eigenvalue weighted by Gasteiger charge is -2.19. The van der Waals surface area contributed by atoms with Gasteiger partial charge in [0.25, 0.3) is 0 Å². The van der Waals surface area contributed by atoms with Gasteiger partial charge in [-0.3, -0.25) is 9.59 Å². The highest BCUT2D eigenvalue weighted by Crippen LogP contribution is 2.07. The highest BCUT2D eigenvalue weighted by Gasteiger charge is 2.14. The largest absolute Gasteiger partial charge is 0.481 e. The zero-order valence-corrected chi connectivity index (χ0v) is 10.3. The number of hydrogen-bond donors (Lipinski definition) is 1. The van der Waals surface area contributed by atoms with E-state index in [2.05, 4.69) is 0 Å². The zero-order valence-electron chi connectivity index (χ0n) is 10.3. The average molecular weight is 239 g/mol. The van der Waals surface area contributed by atoms with E-state index in [4.69, 9.17) is 9.84 Å². The van der Waals surface area contributed by atoms with Crippen LogP contribution in [0.5, 0.6) is 0 Å². The second-order valence-electron chi connectivity index (χ2n) is 4.04. The van der Waals surface area contributed by atoms with Gasteiger partial charge in [-0.1, -0.05) is 0 Å². The zero-order chi connectivity index (χ0) is 13.0. The van der Waals surface area contributed by atoms with Gasteiger partial charge in [-0.15, -0.1) is 0 Å². The highest BCUT2D eigenvalue weighted by atomic mass is 16.5. The van der Waals surface area contributed by atoms with Gasteiger partial charge in [0, 0.05) is 37.2 Å². The molecule has 1 rings (SSSR count). The average Bonchev–Trinajstić information content (AvgIpc) is 2.20. The van der Waals surface area contributed by atoms with Gasteiger partial charge < -0.3 is 14.4 Å². The molecule has 1 atom stereocenters. The Bertz CT molecular complexity index is 438. The first-order valence-corrected chi connectivity index (χ1v) is 5.36. The van der Waals surface area contributed by atoms with E-state index in [-0.39, 0.29) is 11.8 Å². The molecule has 0 aliphatic heterocycles. The van der Waals surface area contributed by atoms with Crippen LogP contribution in [0.4, 0.5) is 0 Å². The maximum atomic E-state index is 11.3. The van der Waals surface area contributed by atoms with Gasteiger partial charge in [0.2, 0.25) is 0 Å². The van der Waals surface area contributed by atoms with Crippen molar-refractivity contribution in [2.45, 2.75) is 32.9 Å². The van der Waals surface area contributed by atoms with Crippen LogP contribution in [0.1, 0.15) is 17.8 Å². The summed E-state index contributed by atoms with van der Waals surface area (Å²) >= 11 is 0. The Morgan fingerprint density at radius 2 is 1.94 bits per heavy atom. The van der Waals surface area contributed by atoms with Crippen LogP contribution in [0, 0.1) is 13.8 Å². The van der Waals surface area contributed by atoms with Crippen molar-refractivity contribution >= 4 is 5.97 Å². The molecule has 1 heterocycles. The summed E-state index contributed by atoms with van der Waals surface area (Å²) in [5.74, 6) is -0.895. The quantitative estimate of drug-likeness (QED) is 0.830. The van der Waals surface area contributed by atoms with Crippen LogP contribution >= 0.6 is 0 Å². The third-order valence-electron chi connectivity index (χ3n) is 2.68. The van der Waals surface area contributed by atoms with Crippen molar-refractivity contribution in [3.8, 4) is 0 Å². The molecule has 0 aromatic carbocycles. The molecule has 0 amide bonds. The van der Waals surface area contributed by atoms with Crippen LogP contribution in [0.15, 0.2) is 16.9 Å². The van der Waals surface area contributed by atoms with Crippen LogP contribution in [-0.2, 0) is 16.1 Å². The minimum absolute atomic E-state index is 0.0385. The topological polar surface area (TPSA) is 68.5 Å². The predicted molar refractivity (Wildman–Crippen MR) is 63.2 cm³/mol. The smallest absolute Gasteiger partial charge is 0.306 e. The molecule has 0 aliphatic rings. The Kier molecular flexibility index (Phi) is 4.45. The van der Waals surface area contributed by atoms with E-state index in [1.807, 2.05) is 18.4 Å². The molecule has 0 aliphatic carbocycles. The molecule has 5 nitrogen and oxygen atoms in total. The fourth-order valence-electron chi connectivity index (χ4n) is 1.80. The lowest BCUT2D eigenvalue weighted by atomic mass is 10.2. The van der Waals surface area contributed by atoms with Crippen molar-refractivity contribution in [2.24, 2.45) is 0 Å². The van der Waals surface area contributed by atoms with Crippen molar-refractivity contribution in [2.75, 3.05) is 7.11 Å². The normalized spacial score (nSPS) is 12.4. The first-order chi connectivity index (χ1) is 7.93. The molecular weight excluding hydrogens is 222 g/mol. The molecule has 0 radical (unpaired) electrons. The van der Waals surface area contributed by atoms with Gasteiger partial charge in [0.1, 0.15) is 0 Å². The third kappa shape index (κ3) is 3.71. The Labute approximate surface area is 99.6 Å². The molecule has 0 saturated carbocycles. The summed E-state index contributed by atoms with van der Waals surface area (Å²) in [4.78, 5) is 21.9. The monoisotopic (exact) mass is 239 g/mol. The molecule has 5 heteroatoms. The lowest BCUT2D eigenvalue weighted by molar-refractivity contribution is -0.139. The number of rotatable bonds is 5. The minimum Gasteiger partial charge on any atom is -0.481 e. The van der Waals surface area contributed by atoms with E-state index in [0.29, 0.717) is 6.54 Å². The van der Waals surface area contributed by atoms with Crippen LogP contribution in [0.3, 0.4) is 0 Å². The molecule has 1 aromatic heterocycles. The minimum atomic E-state index is -0.895. The van der Waals surface area contributed by atoms with Crippen LogP contribution < -0.4 is 5.43 Å². The van der Waals surface area contributed by atoms with E-state index in [9.17, 15) is 9.59 Å². The summed E-state index contributed by atoms with van der Waals surface area (Å²) in [6, 6.07) is 3.06. The van der Waals surface area contributed by atoms with Crippen molar-refractivity contribution in [3.63, 3.8) is 0 Å². The summed E-state index contributed by atoms with van der Waals surface area (Å²) in [5, 5.41) is 8.74. The van der Waals surface area contributed by atoms with E-state index in [1.165, 1.54) is 19.2 Å². The molecule has 0 saturated heterocycles. The molecule has 0 spiro atoms. The van der Waals surface area contributed by atoms with Gasteiger partial charge >= 0.3 is 5.97 Å². The van der Waals surface area contributed by atoms with Gasteiger partial charge in [-0.05, 0) is 13.8 Å². The second-order valence-corrected chi connectivity index (χ2v) is 4.04. The summed E-state index contributed by atoms with van der Waals surface area (Å²) < 4.78 is 7.01. The molecule has 94 valence electrons. The summed E-state index contributed by atoms with van der Waals surface area (Å²) in [6.45, 7) is 4.07. The number of carbonyl (C=O) groups is 1. The molecule has 0 bridgehead atoms. The Balaban J connectivity index is 2.93. The summed E-state index contributed by atoms with van der Waals surface area (Å²) in [5.41, 5.74) is 1.58. The van der Waals surface area contributed by atoms with Crippen molar-refractivity contribution in [1.82, 2.24) is 4.57 Å². The number of aromatic nitrogens is 1. The van der Waals surface area contributed by atoms with Crippen molar-refractivity contribution < 1.29 is 14.6 Å². The Morgan fingerprint density at radius 1 is 1.41 bits per heavy atom. The molecule has 1 unspecified atom stereocenters. The van der Waals surface area contributed by atoms with Gasteiger partial charge in [0.05, 0.1) is 12.5 Å². The fourth-order valence-corrected chi connectivity index (χ4v) is 1.80. The van der Waals surface area contributed by atoms with E-state index < -0.39 is 12.1 Å². The van der Waals surface area contributed by atoms with Crippen molar-refractivity contribution in [1.29, 1.82) is 0 Å². The molecule has 0 fully saturated rings. The number of hydrogen-bond acceptors (Lipinski definition) is 3. The summed E-state index contributed by atoms with van der Waals surface area (Å²) in [6.07, 6.45) is -0.450. The number of pyridine rings is 1. The second kappa shape index (κ2) is 5.63. The van der Waals surface area contributed by atoms with Crippen LogP contribution in [0.25, 0.3) is 0 Å². The maximum absolute atomic E-state index is 11.3.